The van der Waals surface area contributed by atoms with E-state index in [0.717, 1.165) is 11.3 Å². The van der Waals surface area contributed by atoms with E-state index in [2.05, 4.69) is 9.46 Å². The Morgan fingerprint density at radius 3 is 2.67 bits per heavy atom. The van der Waals surface area contributed by atoms with Gasteiger partial charge in [0.15, 0.2) is 0 Å². The molecule has 1 aromatic heterocycles. The van der Waals surface area contributed by atoms with E-state index in [4.69, 9.17) is 23.2 Å². The van der Waals surface area contributed by atoms with Gasteiger partial charge in [-0.15, -0.1) is 11.3 Å². The number of anilines is 1. The summed E-state index contributed by atoms with van der Waals surface area (Å²) >= 11 is 12.7. The molecule has 0 fully saturated rings. The van der Waals surface area contributed by atoms with Gasteiger partial charge in [0.25, 0.3) is 10.0 Å². The number of halogens is 2. The molecule has 0 aliphatic rings. The topological polar surface area (TPSA) is 72.5 Å². The molecular weight excluding hydrogens is 357 g/mol. The first-order chi connectivity index (χ1) is 9.85. The van der Waals surface area contributed by atoms with Gasteiger partial charge in [0.2, 0.25) is 0 Å². The molecule has 0 saturated heterocycles. The van der Waals surface area contributed by atoms with E-state index in [1.165, 1.54) is 36.8 Å². The molecule has 0 radical (unpaired) electrons. The van der Waals surface area contributed by atoms with Gasteiger partial charge < -0.3 is 4.74 Å². The first kappa shape index (κ1) is 16.1. The molecule has 0 spiro atoms. The molecule has 0 saturated carbocycles. The van der Waals surface area contributed by atoms with Gasteiger partial charge in [0.1, 0.15) is 9.77 Å². The number of hydrogen-bond acceptors (Lipinski definition) is 5. The normalized spacial score (nSPS) is 11.2. The summed E-state index contributed by atoms with van der Waals surface area (Å²) in [6, 6.07) is 5.70. The zero-order chi connectivity index (χ0) is 15.6. The molecule has 0 unspecified atom stereocenters. The number of hydrogen-bond donors (Lipinski definition) is 1. The molecule has 0 aliphatic heterocycles. The second kappa shape index (κ2) is 6.23. The maximum absolute atomic E-state index is 12.4. The zero-order valence-electron chi connectivity index (χ0n) is 10.6. The fraction of sp³-hybridized carbons (Fsp3) is 0.0833. The molecule has 112 valence electrons. The minimum atomic E-state index is -3.98. The Bertz CT molecular complexity index is 786. The van der Waals surface area contributed by atoms with Crippen LogP contribution in [0.4, 0.5) is 5.69 Å². The van der Waals surface area contributed by atoms with Crippen molar-refractivity contribution >= 4 is 56.2 Å². The Balaban J connectivity index is 2.42. The molecular formula is C12H9Cl2NO4S2. The van der Waals surface area contributed by atoms with Gasteiger partial charge in [-0.1, -0.05) is 23.2 Å². The molecule has 0 bridgehead atoms. The van der Waals surface area contributed by atoms with Crippen LogP contribution in [0, 0.1) is 0 Å². The van der Waals surface area contributed by atoms with E-state index < -0.39 is 16.0 Å². The highest BCUT2D eigenvalue weighted by Gasteiger charge is 2.25. The first-order valence-corrected chi connectivity index (χ1v) is 8.60. The van der Waals surface area contributed by atoms with E-state index in [-0.39, 0.29) is 20.5 Å². The lowest BCUT2D eigenvalue weighted by Crippen LogP contribution is -2.16. The first-order valence-electron chi connectivity index (χ1n) is 5.49. The minimum Gasteiger partial charge on any atom is -0.465 e. The summed E-state index contributed by atoms with van der Waals surface area (Å²) in [5.74, 6) is -0.720. The fourth-order valence-electron chi connectivity index (χ4n) is 1.53. The maximum atomic E-state index is 12.4. The maximum Gasteiger partial charge on any atom is 0.349 e. The van der Waals surface area contributed by atoms with Gasteiger partial charge in [-0.2, -0.15) is 0 Å². The highest BCUT2D eigenvalue weighted by atomic mass is 35.5. The molecule has 5 nitrogen and oxygen atoms in total. The third-order valence-electron chi connectivity index (χ3n) is 2.46. The fourth-order valence-corrected chi connectivity index (χ4v) is 4.33. The van der Waals surface area contributed by atoms with Crippen LogP contribution >= 0.6 is 34.5 Å². The number of methoxy groups -OCH3 is 1. The minimum absolute atomic E-state index is 0.0110. The van der Waals surface area contributed by atoms with Crippen molar-refractivity contribution in [3.8, 4) is 0 Å². The van der Waals surface area contributed by atoms with E-state index in [1.54, 1.807) is 0 Å². The Kier molecular flexibility index (Phi) is 4.77. The second-order valence-corrected chi connectivity index (χ2v) is 7.25. The van der Waals surface area contributed by atoms with Crippen molar-refractivity contribution in [1.29, 1.82) is 0 Å². The number of carbonyl (C=O) groups is 1. The smallest absolute Gasteiger partial charge is 0.349 e. The number of thiophene rings is 1. The number of nitrogens with one attached hydrogen (secondary N) is 1. The average Bonchev–Trinajstić information content (AvgIpc) is 2.92. The van der Waals surface area contributed by atoms with Crippen molar-refractivity contribution in [3.05, 3.63) is 44.6 Å². The molecule has 9 heteroatoms. The van der Waals surface area contributed by atoms with Gasteiger partial charge in [-0.3, -0.25) is 4.72 Å². The van der Waals surface area contributed by atoms with Crippen molar-refractivity contribution in [1.82, 2.24) is 0 Å². The second-order valence-electron chi connectivity index (χ2n) is 3.84. The lowest BCUT2D eigenvalue weighted by molar-refractivity contribution is 0.0602. The summed E-state index contributed by atoms with van der Waals surface area (Å²) in [6.45, 7) is 0. The summed E-state index contributed by atoms with van der Waals surface area (Å²) in [5, 5.41) is 2.01. The summed E-state index contributed by atoms with van der Waals surface area (Å²) in [5.41, 5.74) is 0.131. The predicted octanol–water partition coefficient (Wildman–Crippen LogP) is 3.64. The summed E-state index contributed by atoms with van der Waals surface area (Å²) < 4.78 is 31.6. The molecule has 2 aromatic rings. The highest BCUT2D eigenvalue weighted by molar-refractivity contribution is 7.93. The van der Waals surface area contributed by atoms with Gasteiger partial charge in [-0.05, 0) is 29.6 Å². The number of rotatable bonds is 4. The number of ether oxygens (including phenoxy) is 1. The third kappa shape index (κ3) is 3.49. The molecule has 1 heterocycles. The molecule has 21 heavy (non-hydrogen) atoms. The van der Waals surface area contributed by atoms with Crippen LogP contribution in [0.1, 0.15) is 9.67 Å². The predicted molar refractivity (Wildman–Crippen MR) is 82.9 cm³/mol. The molecule has 1 N–H and O–H groups in total. The summed E-state index contributed by atoms with van der Waals surface area (Å²) in [7, 11) is -2.80. The standard InChI is InChI=1S/C12H9Cl2NO4S2/c1-19-12(16)11-10(4-5-20-11)21(17,18)15-9-6-7(13)2-3-8(9)14/h2-6,15H,1H3. The van der Waals surface area contributed by atoms with Gasteiger partial charge in [0.05, 0.1) is 17.8 Å². The largest absolute Gasteiger partial charge is 0.465 e. The van der Waals surface area contributed by atoms with Crippen LogP contribution in [0.25, 0.3) is 0 Å². The van der Waals surface area contributed by atoms with Gasteiger partial charge in [0, 0.05) is 5.02 Å². The van der Waals surface area contributed by atoms with Crippen LogP contribution in [0.5, 0.6) is 0 Å². The van der Waals surface area contributed by atoms with Crippen LogP contribution in [0.2, 0.25) is 10.0 Å². The average molecular weight is 366 g/mol. The third-order valence-corrected chi connectivity index (χ3v) is 5.46. The number of benzene rings is 1. The Labute approximate surface area is 135 Å². The van der Waals surface area contributed by atoms with E-state index in [1.807, 2.05) is 0 Å². The summed E-state index contributed by atoms with van der Waals surface area (Å²) in [4.78, 5) is 11.4. The molecule has 0 amide bonds. The van der Waals surface area contributed by atoms with Crippen LogP contribution in [0.3, 0.4) is 0 Å². The molecule has 2 rings (SSSR count). The molecule has 0 aliphatic carbocycles. The van der Waals surface area contributed by atoms with E-state index in [0.29, 0.717) is 5.02 Å². The van der Waals surface area contributed by atoms with Crippen molar-refractivity contribution in [2.75, 3.05) is 11.8 Å². The Morgan fingerprint density at radius 1 is 1.29 bits per heavy atom. The monoisotopic (exact) mass is 365 g/mol. The lowest BCUT2D eigenvalue weighted by atomic mass is 10.3. The van der Waals surface area contributed by atoms with Crippen molar-refractivity contribution in [2.45, 2.75) is 4.90 Å². The van der Waals surface area contributed by atoms with Gasteiger partial charge >= 0.3 is 5.97 Å². The molecule has 0 atom stereocenters. The van der Waals surface area contributed by atoms with Crippen molar-refractivity contribution in [2.24, 2.45) is 0 Å². The van der Waals surface area contributed by atoms with Crippen LogP contribution in [-0.4, -0.2) is 21.5 Å². The van der Waals surface area contributed by atoms with Crippen molar-refractivity contribution < 1.29 is 17.9 Å². The van der Waals surface area contributed by atoms with E-state index in [9.17, 15) is 13.2 Å². The number of sulfonamides is 1. The van der Waals surface area contributed by atoms with Crippen LogP contribution in [-0.2, 0) is 14.8 Å². The van der Waals surface area contributed by atoms with E-state index >= 15 is 0 Å². The zero-order valence-corrected chi connectivity index (χ0v) is 13.7. The quantitative estimate of drug-likeness (QED) is 0.839. The van der Waals surface area contributed by atoms with Crippen molar-refractivity contribution in [3.63, 3.8) is 0 Å². The Morgan fingerprint density at radius 2 is 2.00 bits per heavy atom. The SMILES string of the molecule is COC(=O)c1sccc1S(=O)(=O)Nc1cc(Cl)ccc1Cl. The van der Waals surface area contributed by atoms with Crippen LogP contribution < -0.4 is 4.72 Å². The summed E-state index contributed by atoms with van der Waals surface area (Å²) in [6.07, 6.45) is 0. The molecule has 1 aromatic carbocycles. The van der Waals surface area contributed by atoms with Gasteiger partial charge in [-0.25, -0.2) is 13.2 Å². The lowest BCUT2D eigenvalue weighted by Gasteiger charge is -2.10. The highest BCUT2D eigenvalue weighted by Crippen LogP contribution is 2.30. The number of esters is 1. The number of carbonyl (C=O) groups excluding carboxylic acids is 1. The Hall–Kier alpha value is -1.28. The van der Waals surface area contributed by atoms with Crippen LogP contribution in [0.15, 0.2) is 34.5 Å².